The van der Waals surface area contributed by atoms with Gasteiger partial charge in [0, 0.05) is 6.61 Å². The van der Waals surface area contributed by atoms with Gasteiger partial charge < -0.3 is 4.74 Å². The fraction of sp³-hybridized carbons (Fsp3) is 0.600. The minimum Gasteiger partial charge on any atom is -0.377 e. The van der Waals surface area contributed by atoms with Gasteiger partial charge in [-0.3, -0.25) is 9.59 Å². The molecule has 0 aromatic heterocycles. The summed E-state index contributed by atoms with van der Waals surface area (Å²) in [6.07, 6.45) is 2.49. The van der Waals surface area contributed by atoms with Crippen LogP contribution in [-0.2, 0) is 14.3 Å². The number of ketones is 2. The zero-order valence-electron chi connectivity index (χ0n) is 7.83. The van der Waals surface area contributed by atoms with Crippen LogP contribution in [0.15, 0.2) is 9.66 Å². The van der Waals surface area contributed by atoms with Gasteiger partial charge in [0.2, 0.25) is 11.6 Å². The standard InChI is InChI=1S/C10H11IO3/c1-2-14-8-4-5-7(11)3-6(8)10(13)9(5)12/h3,5-6,8H,2,4H2,1H3/t5-,6+,8+/m0/s1. The number of hydrogen-bond donors (Lipinski definition) is 0. The van der Waals surface area contributed by atoms with E-state index in [0.29, 0.717) is 13.0 Å². The van der Waals surface area contributed by atoms with Crippen molar-refractivity contribution < 1.29 is 14.3 Å². The van der Waals surface area contributed by atoms with Crippen molar-refractivity contribution in [3.63, 3.8) is 0 Å². The lowest BCUT2D eigenvalue weighted by Crippen LogP contribution is -2.48. The van der Waals surface area contributed by atoms with Gasteiger partial charge in [-0.05, 0) is 39.5 Å². The van der Waals surface area contributed by atoms with Crippen molar-refractivity contribution in [3.8, 4) is 0 Å². The fourth-order valence-corrected chi connectivity index (χ4v) is 3.01. The molecule has 0 saturated heterocycles. The van der Waals surface area contributed by atoms with Crippen LogP contribution in [0.1, 0.15) is 13.3 Å². The quantitative estimate of drug-likeness (QED) is 0.573. The molecule has 0 amide bonds. The molecule has 3 aliphatic rings. The normalized spacial score (nSPS) is 36.1. The zero-order chi connectivity index (χ0) is 10.3. The van der Waals surface area contributed by atoms with E-state index in [1.54, 1.807) is 0 Å². The minimum atomic E-state index is -0.320. The maximum atomic E-state index is 11.5. The third-order valence-electron chi connectivity index (χ3n) is 2.78. The van der Waals surface area contributed by atoms with Crippen LogP contribution in [0.4, 0.5) is 0 Å². The van der Waals surface area contributed by atoms with E-state index in [1.165, 1.54) is 0 Å². The van der Waals surface area contributed by atoms with Gasteiger partial charge in [-0.2, -0.15) is 0 Å². The molecule has 14 heavy (non-hydrogen) atoms. The van der Waals surface area contributed by atoms with Crippen LogP contribution in [0.2, 0.25) is 0 Å². The molecular weight excluding hydrogens is 295 g/mol. The highest BCUT2D eigenvalue weighted by atomic mass is 127. The Balaban J connectivity index is 2.28. The first kappa shape index (κ1) is 10.3. The van der Waals surface area contributed by atoms with Crippen molar-refractivity contribution in [3.05, 3.63) is 9.66 Å². The first-order valence-electron chi connectivity index (χ1n) is 4.72. The van der Waals surface area contributed by atoms with Crippen LogP contribution in [0.3, 0.4) is 0 Å². The minimum absolute atomic E-state index is 0.0753. The van der Waals surface area contributed by atoms with Gasteiger partial charge >= 0.3 is 0 Å². The Kier molecular flexibility index (Phi) is 2.74. The number of rotatable bonds is 2. The number of allylic oxidation sites excluding steroid dienone is 1. The largest absolute Gasteiger partial charge is 0.377 e. The van der Waals surface area contributed by atoms with E-state index in [-0.39, 0.29) is 29.5 Å². The molecule has 0 spiro atoms. The lowest BCUT2D eigenvalue weighted by Gasteiger charge is -2.37. The van der Waals surface area contributed by atoms with Crippen LogP contribution in [0.25, 0.3) is 0 Å². The van der Waals surface area contributed by atoms with Crippen molar-refractivity contribution in [2.45, 2.75) is 19.4 Å². The number of hydrogen-bond acceptors (Lipinski definition) is 3. The second-order valence-corrected chi connectivity index (χ2v) is 4.83. The summed E-state index contributed by atoms with van der Waals surface area (Å²) in [5, 5.41) is 0. The molecule has 3 aliphatic carbocycles. The Bertz CT molecular complexity index is 321. The Hall–Kier alpha value is -0.230. The molecule has 3 rings (SSSR count). The van der Waals surface area contributed by atoms with Crippen LogP contribution in [0.5, 0.6) is 0 Å². The average molecular weight is 306 g/mol. The predicted octanol–water partition coefficient (Wildman–Crippen LogP) is 1.50. The molecule has 0 heterocycles. The number of ether oxygens (including phenoxy) is 1. The maximum absolute atomic E-state index is 11.5. The molecule has 3 atom stereocenters. The lowest BCUT2D eigenvalue weighted by molar-refractivity contribution is -0.148. The first-order chi connectivity index (χ1) is 6.65. The molecule has 3 nitrogen and oxygen atoms in total. The molecule has 0 radical (unpaired) electrons. The second kappa shape index (κ2) is 3.73. The summed E-state index contributed by atoms with van der Waals surface area (Å²) in [7, 11) is 0. The van der Waals surface area contributed by atoms with Crippen molar-refractivity contribution in [2.75, 3.05) is 6.61 Å². The summed E-state index contributed by atoms with van der Waals surface area (Å²) in [5.41, 5.74) is 0. The SMILES string of the molecule is CCO[C@@H]1C[C@@H]2C(=O)C(=O)[C@@H]1C=C2I. The molecule has 1 fully saturated rings. The van der Waals surface area contributed by atoms with Gasteiger partial charge in [0.15, 0.2) is 0 Å². The predicted molar refractivity (Wildman–Crippen MR) is 59.1 cm³/mol. The van der Waals surface area contributed by atoms with Crippen molar-refractivity contribution in [1.82, 2.24) is 0 Å². The van der Waals surface area contributed by atoms with E-state index < -0.39 is 0 Å². The topological polar surface area (TPSA) is 43.4 Å². The molecular formula is C10H11IO3. The first-order valence-corrected chi connectivity index (χ1v) is 5.80. The molecule has 0 unspecified atom stereocenters. The molecule has 1 saturated carbocycles. The molecule has 0 aromatic carbocycles. The Morgan fingerprint density at radius 3 is 2.86 bits per heavy atom. The molecule has 2 bridgehead atoms. The number of fused-ring (bicyclic) bond motifs is 2. The Morgan fingerprint density at radius 1 is 1.50 bits per heavy atom. The number of Topliss-reactive ketones (excluding diaryl/α,β-unsaturated/α-hetero) is 2. The van der Waals surface area contributed by atoms with Gasteiger partial charge in [-0.15, -0.1) is 0 Å². The third kappa shape index (κ3) is 1.44. The summed E-state index contributed by atoms with van der Waals surface area (Å²) in [4.78, 5) is 23.0. The molecule has 0 N–H and O–H groups in total. The molecule has 0 aromatic rings. The van der Waals surface area contributed by atoms with E-state index in [0.717, 1.165) is 3.58 Å². The highest BCUT2D eigenvalue weighted by Gasteiger charge is 2.47. The van der Waals surface area contributed by atoms with E-state index in [2.05, 4.69) is 22.6 Å². The monoisotopic (exact) mass is 306 g/mol. The van der Waals surface area contributed by atoms with Gasteiger partial charge in [0.25, 0.3) is 0 Å². The van der Waals surface area contributed by atoms with Gasteiger partial charge in [0.05, 0.1) is 17.9 Å². The summed E-state index contributed by atoms with van der Waals surface area (Å²) in [6.45, 7) is 2.50. The van der Waals surface area contributed by atoms with Crippen LogP contribution in [-0.4, -0.2) is 24.3 Å². The van der Waals surface area contributed by atoms with Gasteiger partial charge in [-0.1, -0.05) is 6.08 Å². The lowest BCUT2D eigenvalue weighted by atomic mass is 9.72. The van der Waals surface area contributed by atoms with Gasteiger partial charge in [0.1, 0.15) is 0 Å². The Labute approximate surface area is 96.0 Å². The highest BCUT2D eigenvalue weighted by Crippen LogP contribution is 2.40. The Morgan fingerprint density at radius 2 is 2.21 bits per heavy atom. The summed E-state index contributed by atoms with van der Waals surface area (Å²) < 4.78 is 6.47. The van der Waals surface area contributed by atoms with Crippen molar-refractivity contribution in [1.29, 1.82) is 0 Å². The van der Waals surface area contributed by atoms with E-state index in [4.69, 9.17) is 4.74 Å². The zero-order valence-corrected chi connectivity index (χ0v) is 9.98. The highest BCUT2D eigenvalue weighted by molar-refractivity contribution is 14.1. The fourth-order valence-electron chi connectivity index (χ4n) is 2.09. The maximum Gasteiger partial charge on any atom is 0.208 e. The smallest absolute Gasteiger partial charge is 0.208 e. The third-order valence-corrected chi connectivity index (χ3v) is 3.89. The number of carbonyl (C=O) groups excluding carboxylic acids is 2. The van der Waals surface area contributed by atoms with Gasteiger partial charge in [-0.25, -0.2) is 0 Å². The summed E-state index contributed by atoms with van der Waals surface area (Å²) in [5.74, 6) is -1.03. The van der Waals surface area contributed by atoms with Crippen molar-refractivity contribution >= 4 is 34.2 Å². The van der Waals surface area contributed by atoms with E-state index in [1.807, 2.05) is 13.0 Å². The van der Waals surface area contributed by atoms with E-state index in [9.17, 15) is 9.59 Å². The van der Waals surface area contributed by atoms with Crippen LogP contribution < -0.4 is 0 Å². The molecule has 0 aliphatic heterocycles. The number of carbonyl (C=O) groups is 2. The number of halogens is 1. The van der Waals surface area contributed by atoms with E-state index >= 15 is 0 Å². The average Bonchev–Trinajstić information content (AvgIpc) is 2.16. The summed E-state index contributed by atoms with van der Waals surface area (Å²) >= 11 is 2.15. The molecule has 76 valence electrons. The molecule has 4 heteroatoms. The second-order valence-electron chi connectivity index (χ2n) is 3.59. The summed E-state index contributed by atoms with van der Waals surface area (Å²) in [6, 6.07) is 0. The van der Waals surface area contributed by atoms with Crippen molar-refractivity contribution in [2.24, 2.45) is 11.8 Å². The van der Waals surface area contributed by atoms with Crippen LogP contribution in [0, 0.1) is 11.8 Å². The van der Waals surface area contributed by atoms with Crippen LogP contribution >= 0.6 is 22.6 Å².